The Kier molecular flexibility index (Phi) is 14.0. The number of guanidine groups is 1. The highest BCUT2D eigenvalue weighted by Crippen LogP contribution is 2.20. The lowest BCUT2D eigenvalue weighted by Gasteiger charge is -2.36. The first kappa shape index (κ1) is 40.2. The first-order valence-electron chi connectivity index (χ1n) is 16.5. The molecule has 8 N–H and O–H groups in total. The number of nitro groups is 1. The fraction of sp³-hybridized carbons (Fsp3) is 0.412. The van der Waals surface area contributed by atoms with Gasteiger partial charge in [0.15, 0.2) is 0 Å². The Morgan fingerprint density at radius 3 is 2.19 bits per heavy atom. The largest absolute Gasteiger partial charge is 0.444 e. The van der Waals surface area contributed by atoms with Gasteiger partial charge in [0.25, 0.3) is 5.91 Å². The molecule has 3 rings (SSSR count). The number of likely N-dealkylation sites (N-methyl/N-ethyl adjacent to an activating group) is 1. The third-order valence-electron chi connectivity index (χ3n) is 7.61. The predicted octanol–water partition coefficient (Wildman–Crippen LogP) is 1.86. The molecule has 0 saturated heterocycles. The second-order valence-electron chi connectivity index (χ2n) is 13.0. The molecule has 2 unspecified atom stereocenters. The van der Waals surface area contributed by atoms with Gasteiger partial charge in [0.05, 0.1) is 6.54 Å². The van der Waals surface area contributed by atoms with E-state index >= 15 is 0 Å². The van der Waals surface area contributed by atoms with Crippen LogP contribution in [0.25, 0.3) is 10.9 Å². The number of rotatable bonds is 15. The summed E-state index contributed by atoms with van der Waals surface area (Å²) in [5.74, 6) is -3.34. The summed E-state index contributed by atoms with van der Waals surface area (Å²) < 4.78 is 5.39. The highest BCUT2D eigenvalue weighted by Gasteiger charge is 2.37. The number of carbonyl (C=O) groups excluding carboxylic acids is 5. The molecule has 1 heterocycles. The number of nitrogens with zero attached hydrogens (tertiary/aromatic N) is 4. The topological polar surface area (TPSA) is 263 Å². The van der Waals surface area contributed by atoms with Crippen LogP contribution in [-0.2, 0) is 32.0 Å². The van der Waals surface area contributed by atoms with E-state index in [1.807, 2.05) is 18.2 Å². The fourth-order valence-corrected chi connectivity index (χ4v) is 5.35. The van der Waals surface area contributed by atoms with Gasteiger partial charge in [0.1, 0.15) is 17.7 Å². The summed E-state index contributed by atoms with van der Waals surface area (Å²) in [6.45, 7) is 3.67. The minimum absolute atomic E-state index is 0.00662. The number of primary amides is 1. The van der Waals surface area contributed by atoms with E-state index < -0.39 is 71.5 Å². The van der Waals surface area contributed by atoms with E-state index in [1.165, 1.54) is 7.05 Å². The average molecular weight is 723 g/mol. The maximum atomic E-state index is 14.4. The van der Waals surface area contributed by atoms with Crippen LogP contribution in [0.5, 0.6) is 0 Å². The van der Waals surface area contributed by atoms with E-state index in [0.29, 0.717) is 16.1 Å². The van der Waals surface area contributed by atoms with Gasteiger partial charge < -0.3 is 36.7 Å². The molecule has 2 atom stereocenters. The number of carbonyl (C=O) groups is 5. The molecule has 0 aliphatic rings. The number of alkyl carbamates (subject to hydrolysis) is 1. The third kappa shape index (κ3) is 12.0. The summed E-state index contributed by atoms with van der Waals surface area (Å²) >= 11 is 0. The molecule has 3 aromatic rings. The summed E-state index contributed by atoms with van der Waals surface area (Å²) in [6.07, 6.45) is 0.555. The maximum absolute atomic E-state index is 14.4. The van der Waals surface area contributed by atoms with Crippen molar-refractivity contribution in [2.75, 3.05) is 26.7 Å². The van der Waals surface area contributed by atoms with Gasteiger partial charge in [-0.15, -0.1) is 0 Å². The lowest BCUT2D eigenvalue weighted by atomic mass is 10.0. The highest BCUT2D eigenvalue weighted by atomic mass is 16.6. The molecule has 2 aromatic carbocycles. The lowest BCUT2D eigenvalue weighted by molar-refractivity contribution is -0.480. The van der Waals surface area contributed by atoms with Crippen molar-refractivity contribution in [1.29, 1.82) is 5.41 Å². The predicted molar refractivity (Wildman–Crippen MR) is 191 cm³/mol. The number of para-hydroxylation sites is 1. The second kappa shape index (κ2) is 18.2. The Labute approximate surface area is 300 Å². The molecular formula is C34H46N10O8. The molecular weight excluding hydrogens is 676 g/mol. The molecule has 0 bridgehead atoms. The number of aromatic nitrogens is 1. The fourth-order valence-electron chi connectivity index (χ4n) is 5.35. The minimum Gasteiger partial charge on any atom is -0.444 e. The van der Waals surface area contributed by atoms with Crippen molar-refractivity contribution in [2.24, 2.45) is 11.5 Å². The molecule has 1 aromatic heterocycles. The minimum atomic E-state index is -1.37. The van der Waals surface area contributed by atoms with E-state index in [0.717, 1.165) is 20.8 Å². The number of aromatic amines is 1. The maximum Gasteiger partial charge on any atom is 0.408 e. The van der Waals surface area contributed by atoms with Crippen LogP contribution in [0.15, 0.2) is 60.8 Å². The first-order chi connectivity index (χ1) is 24.5. The van der Waals surface area contributed by atoms with Gasteiger partial charge >= 0.3 is 12.1 Å². The van der Waals surface area contributed by atoms with Crippen LogP contribution < -0.4 is 22.1 Å². The summed E-state index contributed by atoms with van der Waals surface area (Å²) in [4.78, 5) is 81.5. The van der Waals surface area contributed by atoms with Crippen LogP contribution >= 0.6 is 0 Å². The van der Waals surface area contributed by atoms with Gasteiger partial charge in [-0.05, 0) is 44.4 Å². The van der Waals surface area contributed by atoms with E-state index in [9.17, 15) is 34.1 Å². The number of hydrazine groups is 1. The van der Waals surface area contributed by atoms with Crippen molar-refractivity contribution in [3.05, 3.63) is 82.0 Å². The SMILES string of the molecule is CN(CC(N)=O)C(=O)C(Cc1c[nH]c2ccccc12)NC(=O)N(C(=N)N)N(CCCC[N+](=O)[O-])C(=O)C(Cc1ccccc1)NC(=O)OC(C)(C)C. The number of amides is 6. The van der Waals surface area contributed by atoms with Crippen LogP contribution in [0.3, 0.4) is 0 Å². The van der Waals surface area contributed by atoms with Gasteiger partial charge in [-0.2, -0.15) is 5.01 Å². The van der Waals surface area contributed by atoms with Crippen LogP contribution in [0.1, 0.15) is 44.7 Å². The molecule has 52 heavy (non-hydrogen) atoms. The molecule has 18 nitrogen and oxygen atoms in total. The summed E-state index contributed by atoms with van der Waals surface area (Å²) in [7, 11) is 1.33. The Bertz CT molecular complexity index is 1760. The molecule has 0 aliphatic carbocycles. The number of ether oxygens (including phenoxy) is 1. The molecule has 6 amide bonds. The zero-order valence-corrected chi connectivity index (χ0v) is 29.6. The number of H-pyrrole nitrogens is 1. The van der Waals surface area contributed by atoms with Crippen LogP contribution in [0.4, 0.5) is 9.59 Å². The number of benzene rings is 2. The van der Waals surface area contributed by atoms with Gasteiger partial charge in [-0.25, -0.2) is 14.6 Å². The number of urea groups is 1. The number of unbranched alkanes of at least 4 members (excludes halogenated alkanes) is 1. The number of hydrogen-bond donors (Lipinski definition) is 6. The Morgan fingerprint density at radius 1 is 0.942 bits per heavy atom. The average Bonchev–Trinajstić information content (AvgIpc) is 3.46. The van der Waals surface area contributed by atoms with Crippen molar-refractivity contribution in [3.8, 4) is 0 Å². The van der Waals surface area contributed by atoms with Crippen LogP contribution in [0.2, 0.25) is 0 Å². The molecule has 0 saturated carbocycles. The van der Waals surface area contributed by atoms with Gasteiger partial charge in [0.2, 0.25) is 24.3 Å². The zero-order chi connectivity index (χ0) is 38.6. The van der Waals surface area contributed by atoms with Crippen molar-refractivity contribution in [1.82, 2.24) is 30.5 Å². The van der Waals surface area contributed by atoms with Crippen molar-refractivity contribution >= 4 is 46.7 Å². The van der Waals surface area contributed by atoms with Gasteiger partial charge in [0, 0.05) is 54.9 Å². The third-order valence-corrected chi connectivity index (χ3v) is 7.61. The first-order valence-corrected chi connectivity index (χ1v) is 16.5. The Balaban J connectivity index is 2.03. The van der Waals surface area contributed by atoms with E-state index in [2.05, 4.69) is 15.6 Å². The normalized spacial score (nSPS) is 12.2. The van der Waals surface area contributed by atoms with Crippen LogP contribution in [0, 0.1) is 15.5 Å². The van der Waals surface area contributed by atoms with Gasteiger partial charge in [-0.3, -0.25) is 29.9 Å². The molecule has 0 radical (unpaired) electrons. The molecule has 0 aliphatic heterocycles. The Hall–Kier alpha value is -6.20. The summed E-state index contributed by atoms with van der Waals surface area (Å²) in [5.41, 5.74) is 12.4. The zero-order valence-electron chi connectivity index (χ0n) is 29.6. The smallest absolute Gasteiger partial charge is 0.408 e. The van der Waals surface area contributed by atoms with Crippen molar-refractivity contribution < 1.29 is 33.6 Å². The number of nitrogens with one attached hydrogen (secondary N) is 4. The monoisotopic (exact) mass is 722 g/mol. The molecule has 0 fully saturated rings. The quantitative estimate of drug-likeness (QED) is 0.0439. The van der Waals surface area contributed by atoms with Crippen molar-refractivity contribution in [3.63, 3.8) is 0 Å². The van der Waals surface area contributed by atoms with E-state index in [1.54, 1.807) is 63.4 Å². The van der Waals surface area contributed by atoms with Gasteiger partial charge in [-0.1, -0.05) is 48.5 Å². The highest BCUT2D eigenvalue weighted by molar-refractivity contribution is 5.99. The molecule has 0 spiro atoms. The van der Waals surface area contributed by atoms with Crippen LogP contribution in [-0.4, -0.2) is 105 Å². The number of fused-ring (bicyclic) bond motifs is 1. The molecule has 280 valence electrons. The summed E-state index contributed by atoms with van der Waals surface area (Å²) in [6, 6.07) is 12.0. The van der Waals surface area contributed by atoms with Crippen molar-refractivity contribution in [2.45, 2.75) is 64.1 Å². The summed E-state index contributed by atoms with van der Waals surface area (Å²) in [5, 5.41) is 26.6. The molecule has 18 heteroatoms. The second-order valence-corrected chi connectivity index (χ2v) is 13.0. The van der Waals surface area contributed by atoms with E-state index in [4.69, 9.17) is 21.6 Å². The lowest BCUT2D eigenvalue weighted by Crippen LogP contribution is -2.64. The number of hydrogen-bond acceptors (Lipinski definition) is 9. The standard InChI is InChI=1S/C34H46N10O8/c1-34(2,3)52-33(49)40-26(18-22-12-6-5-7-13-22)30(47)42(16-10-11-17-43(50)51)44(31(36)37)32(48)39-27(29(46)41(4)21-28(35)45)19-23-20-38-25-15-9-8-14-24(23)25/h5-9,12-15,20,26-27,38H,10-11,16-19,21H2,1-4H3,(H2,35,45)(H3,36,37)(H,39,48)(H,40,49). The number of nitrogens with two attached hydrogens (primary N) is 2. The van der Waals surface area contributed by atoms with E-state index in [-0.39, 0.29) is 32.2 Å². The Morgan fingerprint density at radius 2 is 1.58 bits per heavy atom.